The van der Waals surface area contributed by atoms with Crippen LogP contribution in [0.25, 0.3) is 11.3 Å². The molecule has 0 amide bonds. The molecule has 9 nitrogen and oxygen atoms in total. The lowest BCUT2D eigenvalue weighted by Crippen LogP contribution is -2.22. The molecule has 0 aliphatic carbocycles. The summed E-state index contributed by atoms with van der Waals surface area (Å²) in [7, 11) is -1.22. The van der Waals surface area contributed by atoms with Crippen molar-refractivity contribution in [1.82, 2.24) is 19.1 Å². The van der Waals surface area contributed by atoms with E-state index in [2.05, 4.69) is 9.97 Å². The molecular weight excluding hydrogens is 441 g/mol. The Bertz CT molecular complexity index is 1260. The second-order valence-corrected chi connectivity index (χ2v) is 8.38. The zero-order valence-electron chi connectivity index (χ0n) is 16.5. The van der Waals surface area contributed by atoms with Crippen molar-refractivity contribution in [2.24, 2.45) is 0 Å². The van der Waals surface area contributed by atoms with Gasteiger partial charge in [-0.15, -0.1) is 0 Å². The average molecular weight is 458 g/mol. The van der Waals surface area contributed by atoms with Gasteiger partial charge in [0.15, 0.2) is 11.5 Å². The summed E-state index contributed by atoms with van der Waals surface area (Å²) < 4.78 is 76.3. The molecular formula is C18H17F3N4O5S. The normalized spacial score (nSPS) is 12.1. The number of rotatable bonds is 6. The first kappa shape index (κ1) is 22.3. The minimum atomic E-state index is -4.89. The highest BCUT2D eigenvalue weighted by atomic mass is 32.2. The van der Waals surface area contributed by atoms with Crippen molar-refractivity contribution in [3.63, 3.8) is 0 Å². The van der Waals surface area contributed by atoms with Gasteiger partial charge in [0.2, 0.25) is 15.0 Å². The third-order valence-electron chi connectivity index (χ3n) is 4.17. The lowest BCUT2D eigenvalue weighted by atomic mass is 10.2. The van der Waals surface area contributed by atoms with Crippen molar-refractivity contribution in [2.75, 3.05) is 20.5 Å². The van der Waals surface area contributed by atoms with E-state index in [0.717, 1.165) is 6.07 Å². The molecule has 0 saturated carbocycles. The summed E-state index contributed by atoms with van der Waals surface area (Å²) in [6, 6.07) is 3.02. The van der Waals surface area contributed by atoms with Gasteiger partial charge in [-0.05, 0) is 12.1 Å². The second-order valence-electron chi connectivity index (χ2n) is 6.47. The Morgan fingerprint density at radius 3 is 2.16 bits per heavy atom. The van der Waals surface area contributed by atoms with E-state index in [1.54, 1.807) is 17.0 Å². The topological polar surface area (TPSA) is 105 Å². The standard InChI is InChI=1S/C18H17F3N4O5S/c1-29-13-8-24(9-14(13)30-2)10-25-7-11(4-5-16(25)26)12-6-15(18(19,20)21)23-17(22-12)31(3,27)28/h4-9H,10H2,1-3H3. The van der Waals surface area contributed by atoms with E-state index in [0.29, 0.717) is 23.8 Å². The maximum Gasteiger partial charge on any atom is 0.433 e. The van der Waals surface area contributed by atoms with Crippen LogP contribution in [0.1, 0.15) is 5.69 Å². The van der Waals surface area contributed by atoms with Crippen LogP contribution in [-0.4, -0.2) is 48.0 Å². The first-order valence-electron chi connectivity index (χ1n) is 8.57. The van der Waals surface area contributed by atoms with Gasteiger partial charge in [0, 0.05) is 24.1 Å². The van der Waals surface area contributed by atoms with E-state index < -0.39 is 32.4 Å². The van der Waals surface area contributed by atoms with Crippen LogP contribution in [0.15, 0.2) is 46.7 Å². The Labute approximate surface area is 174 Å². The van der Waals surface area contributed by atoms with E-state index in [9.17, 15) is 26.4 Å². The molecule has 3 aromatic heterocycles. The monoisotopic (exact) mass is 458 g/mol. The summed E-state index contributed by atoms with van der Waals surface area (Å²) in [5.41, 5.74) is -2.04. The summed E-state index contributed by atoms with van der Waals surface area (Å²) in [6.07, 6.45) is 0.248. The van der Waals surface area contributed by atoms with Crippen LogP contribution in [0, 0.1) is 0 Å². The van der Waals surface area contributed by atoms with Crippen molar-refractivity contribution in [3.8, 4) is 22.8 Å². The molecule has 3 rings (SSSR count). The van der Waals surface area contributed by atoms with Gasteiger partial charge in [-0.1, -0.05) is 0 Å². The Morgan fingerprint density at radius 1 is 1.03 bits per heavy atom. The molecule has 3 aromatic rings. The quantitative estimate of drug-likeness (QED) is 0.521. The van der Waals surface area contributed by atoms with Crippen LogP contribution in [0.3, 0.4) is 0 Å². The summed E-state index contributed by atoms with van der Waals surface area (Å²) >= 11 is 0. The summed E-state index contributed by atoms with van der Waals surface area (Å²) in [5, 5.41) is -0.963. The van der Waals surface area contributed by atoms with E-state index in [1.165, 1.54) is 31.0 Å². The van der Waals surface area contributed by atoms with Crippen molar-refractivity contribution >= 4 is 9.84 Å². The second kappa shape index (κ2) is 8.06. The van der Waals surface area contributed by atoms with Gasteiger partial charge in [-0.25, -0.2) is 18.4 Å². The molecule has 0 unspecified atom stereocenters. The molecule has 3 heterocycles. The molecule has 0 aliphatic heterocycles. The molecule has 31 heavy (non-hydrogen) atoms. The third kappa shape index (κ3) is 4.87. The molecule has 0 aromatic carbocycles. The Morgan fingerprint density at radius 2 is 1.65 bits per heavy atom. The number of hydrogen-bond acceptors (Lipinski definition) is 7. The van der Waals surface area contributed by atoms with Crippen LogP contribution in [0.2, 0.25) is 0 Å². The molecule has 0 radical (unpaired) electrons. The van der Waals surface area contributed by atoms with Crippen LogP contribution >= 0.6 is 0 Å². The van der Waals surface area contributed by atoms with Crippen molar-refractivity contribution < 1.29 is 31.1 Å². The third-order valence-corrected chi connectivity index (χ3v) is 5.02. The molecule has 166 valence electrons. The van der Waals surface area contributed by atoms with Crippen LogP contribution in [-0.2, 0) is 22.7 Å². The number of sulfone groups is 1. The molecule has 0 N–H and O–H groups in total. The predicted octanol–water partition coefficient (Wildman–Crippen LogP) is 2.05. The number of methoxy groups -OCH3 is 2. The van der Waals surface area contributed by atoms with E-state index in [1.807, 2.05) is 0 Å². The van der Waals surface area contributed by atoms with E-state index >= 15 is 0 Å². The van der Waals surface area contributed by atoms with Crippen LogP contribution < -0.4 is 15.0 Å². The molecule has 0 saturated heterocycles. The molecule has 0 fully saturated rings. The number of aromatic nitrogens is 4. The lowest BCUT2D eigenvalue weighted by Gasteiger charge is -2.12. The largest absolute Gasteiger partial charge is 0.491 e. The van der Waals surface area contributed by atoms with Gasteiger partial charge in [0.1, 0.15) is 12.4 Å². The Balaban J connectivity index is 2.09. The number of alkyl halides is 3. The summed E-state index contributed by atoms with van der Waals surface area (Å²) in [6.45, 7) is -0.0114. The highest BCUT2D eigenvalue weighted by molar-refractivity contribution is 7.90. The van der Waals surface area contributed by atoms with Crippen LogP contribution in [0.5, 0.6) is 11.5 Å². The molecule has 0 spiro atoms. The van der Waals surface area contributed by atoms with Crippen molar-refractivity contribution in [2.45, 2.75) is 18.0 Å². The summed E-state index contributed by atoms with van der Waals surface area (Å²) in [4.78, 5) is 19.1. The van der Waals surface area contributed by atoms with E-state index in [-0.39, 0.29) is 17.9 Å². The number of hydrogen-bond donors (Lipinski definition) is 0. The van der Waals surface area contributed by atoms with Gasteiger partial charge in [0.25, 0.3) is 5.56 Å². The van der Waals surface area contributed by atoms with Gasteiger partial charge in [-0.2, -0.15) is 13.2 Å². The van der Waals surface area contributed by atoms with Crippen LogP contribution in [0.4, 0.5) is 13.2 Å². The fraction of sp³-hybridized carbons (Fsp3) is 0.278. The maximum absolute atomic E-state index is 13.2. The van der Waals surface area contributed by atoms with Crippen molar-refractivity contribution in [1.29, 1.82) is 0 Å². The van der Waals surface area contributed by atoms with Gasteiger partial charge in [-0.3, -0.25) is 9.36 Å². The first-order valence-corrected chi connectivity index (χ1v) is 10.5. The fourth-order valence-electron chi connectivity index (χ4n) is 2.71. The Kier molecular flexibility index (Phi) is 5.81. The number of halogens is 3. The SMILES string of the molecule is COc1cn(Cn2cc(-c3cc(C(F)(F)F)nc(S(C)(=O)=O)n3)ccc2=O)cc1OC. The molecule has 0 bridgehead atoms. The molecule has 0 atom stereocenters. The average Bonchev–Trinajstić information content (AvgIpc) is 3.10. The van der Waals surface area contributed by atoms with Gasteiger partial charge >= 0.3 is 6.18 Å². The fourth-order valence-corrected chi connectivity index (χ4v) is 3.24. The highest BCUT2D eigenvalue weighted by Gasteiger charge is 2.35. The summed E-state index contributed by atoms with van der Waals surface area (Å²) in [5.74, 6) is 0.852. The lowest BCUT2D eigenvalue weighted by molar-refractivity contribution is -0.141. The number of nitrogens with zero attached hydrogens (tertiary/aromatic N) is 4. The van der Waals surface area contributed by atoms with E-state index in [4.69, 9.17) is 9.47 Å². The van der Waals surface area contributed by atoms with Crippen molar-refractivity contribution in [3.05, 3.63) is 52.8 Å². The smallest absolute Gasteiger partial charge is 0.433 e. The minimum Gasteiger partial charge on any atom is -0.491 e. The number of pyridine rings is 1. The zero-order valence-corrected chi connectivity index (χ0v) is 17.4. The Hall–Kier alpha value is -3.35. The predicted molar refractivity (Wildman–Crippen MR) is 103 cm³/mol. The maximum atomic E-state index is 13.2. The van der Waals surface area contributed by atoms with Gasteiger partial charge in [0.05, 0.1) is 32.3 Å². The molecule has 13 heteroatoms. The van der Waals surface area contributed by atoms with Gasteiger partial charge < -0.3 is 14.0 Å². The zero-order chi connectivity index (χ0) is 23.0. The molecule has 0 aliphatic rings. The highest BCUT2D eigenvalue weighted by Crippen LogP contribution is 2.31. The first-order chi connectivity index (χ1) is 14.4. The minimum absolute atomic E-state index is 0.0114. The number of ether oxygens (including phenoxy) is 2.